The van der Waals surface area contributed by atoms with Crippen LogP contribution in [0.4, 0.5) is 9.18 Å². The van der Waals surface area contributed by atoms with Crippen molar-refractivity contribution < 1.29 is 18.7 Å². The molecule has 2 aliphatic rings. The molecular formula is C25H29ClFN5O3. The molecule has 1 aromatic heterocycles. The average Bonchev–Trinajstić information content (AvgIpc) is 3.15. The molecule has 3 amide bonds. The molecule has 1 aromatic carbocycles. The van der Waals surface area contributed by atoms with Gasteiger partial charge in [-0.2, -0.15) is 5.10 Å². The molecule has 0 saturated heterocycles. The van der Waals surface area contributed by atoms with Gasteiger partial charge in [-0.1, -0.05) is 29.8 Å². The summed E-state index contributed by atoms with van der Waals surface area (Å²) >= 11 is 6.20. The lowest BCUT2D eigenvalue weighted by molar-refractivity contribution is 0.0757. The third-order valence-electron chi connectivity index (χ3n) is 5.86. The van der Waals surface area contributed by atoms with Crippen molar-refractivity contribution >= 4 is 23.5 Å². The van der Waals surface area contributed by atoms with Crippen molar-refractivity contribution in [3.05, 3.63) is 58.3 Å². The Morgan fingerprint density at radius 3 is 2.91 bits per heavy atom. The third kappa shape index (κ3) is 5.51. The number of carbonyl (C=O) groups is 2. The molecular weight excluding hydrogens is 473 g/mol. The van der Waals surface area contributed by atoms with Crippen molar-refractivity contribution in [1.29, 1.82) is 0 Å². The van der Waals surface area contributed by atoms with Gasteiger partial charge in [0.15, 0.2) is 5.69 Å². The molecule has 0 saturated carbocycles. The van der Waals surface area contributed by atoms with E-state index >= 15 is 0 Å². The van der Waals surface area contributed by atoms with Crippen LogP contribution in [0, 0.1) is 0 Å². The molecule has 2 N–H and O–H groups in total. The Kier molecular flexibility index (Phi) is 7.45. The Morgan fingerprint density at radius 1 is 1.37 bits per heavy atom. The van der Waals surface area contributed by atoms with Gasteiger partial charge in [-0.05, 0) is 37.6 Å². The lowest BCUT2D eigenvalue weighted by Gasteiger charge is -2.26. The van der Waals surface area contributed by atoms with Gasteiger partial charge in [0.25, 0.3) is 5.91 Å². The maximum absolute atomic E-state index is 14.6. The number of hydrogen-bond donors (Lipinski definition) is 2. The van der Waals surface area contributed by atoms with E-state index in [1.54, 1.807) is 48.2 Å². The summed E-state index contributed by atoms with van der Waals surface area (Å²) < 4.78 is 22.1. The number of nitrogens with zero attached hydrogens (tertiary/aromatic N) is 3. The highest BCUT2D eigenvalue weighted by atomic mass is 35.5. The highest BCUT2D eigenvalue weighted by Crippen LogP contribution is 2.40. The minimum atomic E-state index is -1.16. The summed E-state index contributed by atoms with van der Waals surface area (Å²) in [5.41, 5.74) is 2.91. The lowest BCUT2D eigenvalue weighted by Crippen LogP contribution is -2.45. The zero-order chi connectivity index (χ0) is 25.1. The Balaban J connectivity index is 1.60. The first-order valence-corrected chi connectivity index (χ1v) is 11.9. The molecule has 2 heterocycles. The summed E-state index contributed by atoms with van der Waals surface area (Å²) in [5, 5.41) is 10.6. The Hall–Kier alpha value is -3.33. The zero-order valence-electron chi connectivity index (χ0n) is 20.0. The highest BCUT2D eigenvalue weighted by molar-refractivity contribution is 6.31. The number of aryl methyl sites for hydroxylation is 1. The smallest absolute Gasteiger partial charge is 0.315 e. The SMILES string of the molecule is CC(C)NC(=O)NCCN(CC1=CC=CCC1F)C(=O)c1nn(C)c2c1COc1ccc(Cl)cc1-2. The van der Waals surface area contributed by atoms with Gasteiger partial charge in [-0.25, -0.2) is 9.18 Å². The predicted octanol–water partition coefficient (Wildman–Crippen LogP) is 4.01. The number of halogens is 2. The lowest BCUT2D eigenvalue weighted by atomic mass is 10.0. The van der Waals surface area contributed by atoms with Crippen molar-refractivity contribution in [2.24, 2.45) is 7.05 Å². The van der Waals surface area contributed by atoms with Crippen LogP contribution in [0.3, 0.4) is 0 Å². The van der Waals surface area contributed by atoms with Crippen LogP contribution in [0.15, 0.2) is 42.0 Å². The molecule has 35 heavy (non-hydrogen) atoms. The zero-order valence-corrected chi connectivity index (χ0v) is 20.7. The molecule has 0 radical (unpaired) electrons. The summed E-state index contributed by atoms with van der Waals surface area (Å²) in [6, 6.07) is 4.98. The number of urea groups is 1. The predicted molar refractivity (Wildman–Crippen MR) is 132 cm³/mol. The number of rotatable bonds is 7. The first kappa shape index (κ1) is 24.8. The summed E-state index contributed by atoms with van der Waals surface area (Å²) in [6.45, 7) is 4.38. The van der Waals surface area contributed by atoms with E-state index in [4.69, 9.17) is 16.3 Å². The summed E-state index contributed by atoms with van der Waals surface area (Å²) in [5.74, 6) is 0.310. The monoisotopic (exact) mass is 501 g/mol. The molecule has 1 unspecified atom stereocenters. The van der Waals surface area contributed by atoms with Crippen LogP contribution in [0.5, 0.6) is 5.75 Å². The first-order valence-electron chi connectivity index (χ1n) is 11.6. The van der Waals surface area contributed by atoms with Crippen LogP contribution in [0.2, 0.25) is 5.02 Å². The standard InChI is InChI=1S/C25H29ClFN5O3/c1-15(2)29-25(34)28-10-11-32(13-16-6-4-5-7-20(16)27)24(33)22-19-14-35-21-9-8-17(26)12-18(21)23(19)31(3)30-22/h4-6,8-9,12,15,20H,7,10-11,13-14H2,1-3H3,(H2,28,29,34). The molecule has 186 valence electrons. The minimum Gasteiger partial charge on any atom is -0.488 e. The maximum atomic E-state index is 14.6. The van der Waals surface area contributed by atoms with Gasteiger partial charge in [-0.3, -0.25) is 9.48 Å². The molecule has 1 aliphatic carbocycles. The van der Waals surface area contributed by atoms with E-state index in [1.807, 2.05) is 13.8 Å². The molecule has 0 fully saturated rings. The van der Waals surface area contributed by atoms with Crippen molar-refractivity contribution in [2.75, 3.05) is 19.6 Å². The van der Waals surface area contributed by atoms with Gasteiger partial charge in [0, 0.05) is 55.3 Å². The molecule has 4 rings (SSSR count). The van der Waals surface area contributed by atoms with Gasteiger partial charge in [0.05, 0.1) is 5.69 Å². The molecule has 0 spiro atoms. The molecule has 8 nitrogen and oxygen atoms in total. The first-order chi connectivity index (χ1) is 16.7. The van der Waals surface area contributed by atoms with Crippen LogP contribution in [-0.4, -0.2) is 58.5 Å². The van der Waals surface area contributed by atoms with E-state index < -0.39 is 6.17 Å². The Morgan fingerprint density at radius 2 is 2.17 bits per heavy atom. The van der Waals surface area contributed by atoms with Crippen molar-refractivity contribution in [3.8, 4) is 17.0 Å². The number of hydrogen-bond acceptors (Lipinski definition) is 4. The molecule has 1 aliphatic heterocycles. The van der Waals surface area contributed by atoms with E-state index in [0.717, 1.165) is 11.3 Å². The number of carbonyl (C=O) groups excluding carboxylic acids is 2. The highest BCUT2D eigenvalue weighted by Gasteiger charge is 2.31. The third-order valence-corrected chi connectivity index (χ3v) is 6.09. The summed E-state index contributed by atoms with van der Waals surface area (Å²) in [7, 11) is 1.76. The maximum Gasteiger partial charge on any atom is 0.315 e. The Bertz CT molecular complexity index is 1190. The number of allylic oxidation sites excluding steroid dienone is 3. The van der Waals surface area contributed by atoms with Crippen molar-refractivity contribution in [2.45, 2.75) is 39.1 Å². The number of ether oxygens (including phenoxy) is 1. The molecule has 2 aromatic rings. The summed E-state index contributed by atoms with van der Waals surface area (Å²) in [4.78, 5) is 27.2. The van der Waals surface area contributed by atoms with Gasteiger partial charge in [0.1, 0.15) is 18.5 Å². The quantitative estimate of drug-likeness (QED) is 0.600. The van der Waals surface area contributed by atoms with Crippen molar-refractivity contribution in [3.63, 3.8) is 0 Å². The normalized spacial score (nSPS) is 16.2. The van der Waals surface area contributed by atoms with E-state index in [-0.39, 0.29) is 56.3 Å². The second-order valence-electron chi connectivity index (χ2n) is 8.88. The average molecular weight is 502 g/mol. The second kappa shape index (κ2) is 10.5. The van der Waals surface area contributed by atoms with Crippen LogP contribution >= 0.6 is 11.6 Å². The fourth-order valence-corrected chi connectivity index (χ4v) is 4.39. The fourth-order valence-electron chi connectivity index (χ4n) is 4.21. The number of amides is 3. The minimum absolute atomic E-state index is 0.0179. The van der Waals surface area contributed by atoms with Gasteiger partial charge in [-0.15, -0.1) is 0 Å². The largest absolute Gasteiger partial charge is 0.488 e. The second-order valence-corrected chi connectivity index (χ2v) is 9.32. The number of fused-ring (bicyclic) bond motifs is 3. The van der Waals surface area contributed by atoms with Crippen LogP contribution in [0.25, 0.3) is 11.3 Å². The number of benzene rings is 1. The van der Waals surface area contributed by atoms with E-state index in [9.17, 15) is 14.0 Å². The molecule has 1 atom stereocenters. The summed E-state index contributed by atoms with van der Waals surface area (Å²) in [6.07, 6.45) is 4.35. The van der Waals surface area contributed by atoms with Crippen LogP contribution in [-0.2, 0) is 13.7 Å². The van der Waals surface area contributed by atoms with Crippen molar-refractivity contribution in [1.82, 2.24) is 25.3 Å². The molecule has 0 bridgehead atoms. The van der Waals surface area contributed by atoms with Gasteiger partial charge < -0.3 is 20.3 Å². The molecule has 10 heteroatoms. The fraction of sp³-hybridized carbons (Fsp3) is 0.400. The number of alkyl halides is 1. The van der Waals surface area contributed by atoms with Gasteiger partial charge in [0.2, 0.25) is 0 Å². The van der Waals surface area contributed by atoms with E-state index in [0.29, 0.717) is 21.9 Å². The number of nitrogens with one attached hydrogen (secondary N) is 2. The Labute approximate surface area is 208 Å². The topological polar surface area (TPSA) is 88.5 Å². The van der Waals surface area contributed by atoms with Crippen LogP contribution < -0.4 is 15.4 Å². The van der Waals surface area contributed by atoms with E-state index in [2.05, 4.69) is 15.7 Å². The van der Waals surface area contributed by atoms with Crippen LogP contribution in [0.1, 0.15) is 36.3 Å². The van der Waals surface area contributed by atoms with Gasteiger partial charge >= 0.3 is 6.03 Å². The van der Waals surface area contributed by atoms with E-state index in [1.165, 1.54) is 4.90 Å². The number of aromatic nitrogens is 2.